The third kappa shape index (κ3) is 2.77. The first kappa shape index (κ1) is 14.9. The SMILES string of the molecule is CN(CC1COc2ccccc2O1)C(=O)c1ccc2c(c1)CCN2. The Labute approximate surface area is 141 Å². The summed E-state index contributed by atoms with van der Waals surface area (Å²) in [6.07, 6.45) is 0.807. The molecule has 124 valence electrons. The summed E-state index contributed by atoms with van der Waals surface area (Å²) in [5, 5.41) is 3.31. The number of rotatable bonds is 3. The number of para-hydroxylation sites is 2. The second kappa shape index (κ2) is 6.07. The number of hydrogen-bond donors (Lipinski definition) is 1. The molecule has 1 atom stereocenters. The Morgan fingerprint density at radius 1 is 1.25 bits per heavy atom. The molecule has 2 aromatic rings. The second-order valence-corrected chi connectivity index (χ2v) is 6.23. The monoisotopic (exact) mass is 324 g/mol. The van der Waals surface area contributed by atoms with Crippen molar-refractivity contribution in [2.24, 2.45) is 0 Å². The fourth-order valence-electron chi connectivity index (χ4n) is 3.20. The van der Waals surface area contributed by atoms with Crippen molar-refractivity contribution < 1.29 is 14.3 Å². The van der Waals surface area contributed by atoms with Crippen LogP contribution >= 0.6 is 0 Å². The quantitative estimate of drug-likeness (QED) is 0.943. The molecule has 1 amide bonds. The second-order valence-electron chi connectivity index (χ2n) is 6.23. The molecule has 2 aliphatic rings. The number of likely N-dealkylation sites (N-methyl/N-ethyl adjacent to an activating group) is 1. The molecule has 2 heterocycles. The molecule has 0 saturated carbocycles. The molecule has 0 aliphatic carbocycles. The summed E-state index contributed by atoms with van der Waals surface area (Å²) in [6.45, 7) is 1.88. The highest BCUT2D eigenvalue weighted by atomic mass is 16.6. The Bertz CT molecular complexity index is 775. The van der Waals surface area contributed by atoms with E-state index in [1.54, 1.807) is 11.9 Å². The predicted molar refractivity (Wildman–Crippen MR) is 91.9 cm³/mol. The van der Waals surface area contributed by atoms with Crippen LogP contribution in [-0.2, 0) is 6.42 Å². The van der Waals surface area contributed by atoms with Crippen molar-refractivity contribution in [2.75, 3.05) is 32.1 Å². The number of benzene rings is 2. The molecule has 1 N–H and O–H groups in total. The highest BCUT2D eigenvalue weighted by Crippen LogP contribution is 2.31. The Kier molecular flexibility index (Phi) is 3.76. The van der Waals surface area contributed by atoms with Gasteiger partial charge in [0, 0.05) is 24.8 Å². The summed E-state index contributed by atoms with van der Waals surface area (Å²) >= 11 is 0. The molecule has 0 spiro atoms. The van der Waals surface area contributed by atoms with Gasteiger partial charge in [-0.2, -0.15) is 0 Å². The van der Waals surface area contributed by atoms with Crippen molar-refractivity contribution in [3.05, 3.63) is 53.6 Å². The molecule has 1 unspecified atom stereocenters. The predicted octanol–water partition coefficient (Wildman–Crippen LogP) is 2.57. The number of fused-ring (bicyclic) bond motifs is 2. The summed E-state index contributed by atoms with van der Waals surface area (Å²) in [5.74, 6) is 1.50. The molecule has 0 radical (unpaired) electrons. The van der Waals surface area contributed by atoms with Gasteiger partial charge in [0.15, 0.2) is 17.6 Å². The maximum atomic E-state index is 12.7. The van der Waals surface area contributed by atoms with Crippen molar-refractivity contribution in [3.63, 3.8) is 0 Å². The molecule has 0 saturated heterocycles. The van der Waals surface area contributed by atoms with E-state index in [1.165, 1.54) is 5.56 Å². The largest absolute Gasteiger partial charge is 0.486 e. The van der Waals surface area contributed by atoms with Crippen LogP contribution in [0.3, 0.4) is 0 Å². The van der Waals surface area contributed by atoms with Gasteiger partial charge in [0.05, 0.1) is 6.54 Å². The summed E-state index contributed by atoms with van der Waals surface area (Å²) in [4.78, 5) is 14.4. The van der Waals surface area contributed by atoms with Crippen molar-refractivity contribution >= 4 is 11.6 Å². The molecule has 2 aromatic carbocycles. The van der Waals surface area contributed by atoms with Gasteiger partial charge in [-0.3, -0.25) is 4.79 Å². The van der Waals surface area contributed by atoms with Crippen LogP contribution in [0.1, 0.15) is 15.9 Å². The first-order valence-electron chi connectivity index (χ1n) is 8.21. The van der Waals surface area contributed by atoms with Crippen LogP contribution in [0, 0.1) is 0 Å². The standard InChI is InChI=1S/C19H20N2O3/c1-21(11-15-12-23-17-4-2-3-5-18(17)24-15)19(22)14-6-7-16-13(10-14)8-9-20-16/h2-7,10,15,20H,8-9,11-12H2,1H3. The molecular formula is C19H20N2O3. The van der Waals surface area contributed by atoms with Crippen molar-refractivity contribution in [1.82, 2.24) is 4.90 Å². The van der Waals surface area contributed by atoms with Gasteiger partial charge in [-0.1, -0.05) is 12.1 Å². The average Bonchev–Trinajstić information content (AvgIpc) is 3.08. The number of anilines is 1. The highest BCUT2D eigenvalue weighted by Gasteiger charge is 2.24. The Morgan fingerprint density at radius 3 is 2.96 bits per heavy atom. The maximum Gasteiger partial charge on any atom is 0.253 e. The van der Waals surface area contributed by atoms with Crippen LogP contribution in [0.15, 0.2) is 42.5 Å². The zero-order chi connectivity index (χ0) is 16.5. The summed E-state index contributed by atoms with van der Waals surface area (Å²) in [5.41, 5.74) is 3.06. The number of nitrogens with one attached hydrogen (secondary N) is 1. The van der Waals surface area contributed by atoms with Crippen molar-refractivity contribution in [2.45, 2.75) is 12.5 Å². The van der Waals surface area contributed by atoms with Gasteiger partial charge < -0.3 is 19.7 Å². The van der Waals surface area contributed by atoms with Crippen LogP contribution in [0.2, 0.25) is 0 Å². The van der Waals surface area contributed by atoms with Gasteiger partial charge in [0.1, 0.15) is 6.61 Å². The van der Waals surface area contributed by atoms with Gasteiger partial charge in [-0.15, -0.1) is 0 Å². The lowest BCUT2D eigenvalue weighted by Gasteiger charge is -2.29. The average molecular weight is 324 g/mol. The molecule has 0 aromatic heterocycles. The molecule has 5 nitrogen and oxygen atoms in total. The van der Waals surface area contributed by atoms with Gasteiger partial charge in [-0.25, -0.2) is 0 Å². The zero-order valence-electron chi connectivity index (χ0n) is 13.6. The molecular weight excluding hydrogens is 304 g/mol. The number of carbonyl (C=O) groups is 1. The minimum absolute atomic E-state index is 0.00663. The van der Waals surface area contributed by atoms with E-state index in [0.717, 1.165) is 35.7 Å². The van der Waals surface area contributed by atoms with Crippen LogP contribution in [0.4, 0.5) is 5.69 Å². The fraction of sp³-hybridized carbons (Fsp3) is 0.316. The van der Waals surface area contributed by atoms with Crippen LogP contribution in [-0.4, -0.2) is 43.7 Å². The van der Waals surface area contributed by atoms with E-state index in [9.17, 15) is 4.79 Å². The molecule has 5 heteroatoms. The lowest BCUT2D eigenvalue weighted by atomic mass is 10.1. The normalized spacial score (nSPS) is 17.8. The Morgan fingerprint density at radius 2 is 2.08 bits per heavy atom. The topological polar surface area (TPSA) is 50.8 Å². The number of carbonyl (C=O) groups excluding carboxylic acids is 1. The first-order chi connectivity index (χ1) is 11.7. The smallest absolute Gasteiger partial charge is 0.253 e. The number of hydrogen-bond acceptors (Lipinski definition) is 4. The van der Waals surface area contributed by atoms with E-state index >= 15 is 0 Å². The van der Waals surface area contributed by atoms with Crippen LogP contribution in [0.25, 0.3) is 0 Å². The number of amides is 1. The van der Waals surface area contributed by atoms with E-state index < -0.39 is 0 Å². The van der Waals surface area contributed by atoms with Crippen molar-refractivity contribution in [1.29, 1.82) is 0 Å². The maximum absolute atomic E-state index is 12.7. The highest BCUT2D eigenvalue weighted by molar-refractivity contribution is 5.95. The minimum Gasteiger partial charge on any atom is -0.486 e. The van der Waals surface area contributed by atoms with Gasteiger partial charge in [0.25, 0.3) is 5.91 Å². The molecule has 24 heavy (non-hydrogen) atoms. The van der Waals surface area contributed by atoms with Crippen LogP contribution < -0.4 is 14.8 Å². The minimum atomic E-state index is -0.162. The lowest BCUT2D eigenvalue weighted by Crippen LogP contribution is -2.41. The third-order valence-corrected chi connectivity index (χ3v) is 4.45. The summed E-state index contributed by atoms with van der Waals surface area (Å²) in [7, 11) is 1.80. The lowest BCUT2D eigenvalue weighted by molar-refractivity contribution is 0.0521. The Hall–Kier alpha value is -2.69. The molecule has 4 rings (SSSR count). The van der Waals surface area contributed by atoms with Gasteiger partial charge in [0.2, 0.25) is 0 Å². The Balaban J connectivity index is 1.43. The van der Waals surface area contributed by atoms with Crippen molar-refractivity contribution in [3.8, 4) is 11.5 Å². The number of ether oxygens (including phenoxy) is 2. The third-order valence-electron chi connectivity index (χ3n) is 4.45. The van der Waals surface area contributed by atoms with E-state index in [2.05, 4.69) is 5.32 Å². The van der Waals surface area contributed by atoms with E-state index in [4.69, 9.17) is 9.47 Å². The number of nitrogens with zero attached hydrogens (tertiary/aromatic N) is 1. The molecule has 2 aliphatic heterocycles. The molecule has 0 fully saturated rings. The summed E-state index contributed by atoms with van der Waals surface area (Å²) < 4.78 is 11.6. The fourth-order valence-corrected chi connectivity index (χ4v) is 3.20. The van der Waals surface area contributed by atoms with E-state index in [0.29, 0.717) is 13.2 Å². The molecule has 0 bridgehead atoms. The van der Waals surface area contributed by atoms with Gasteiger partial charge >= 0.3 is 0 Å². The van der Waals surface area contributed by atoms with E-state index in [1.807, 2.05) is 42.5 Å². The van der Waals surface area contributed by atoms with Gasteiger partial charge in [-0.05, 0) is 42.3 Å². The summed E-state index contributed by atoms with van der Waals surface area (Å²) in [6, 6.07) is 13.5. The van der Waals surface area contributed by atoms with E-state index in [-0.39, 0.29) is 12.0 Å². The zero-order valence-corrected chi connectivity index (χ0v) is 13.6. The van der Waals surface area contributed by atoms with Crippen LogP contribution in [0.5, 0.6) is 11.5 Å². The first-order valence-corrected chi connectivity index (χ1v) is 8.21.